The van der Waals surface area contributed by atoms with Gasteiger partial charge in [0, 0.05) is 0 Å². The Morgan fingerprint density at radius 1 is 0.692 bits per heavy atom. The quantitative estimate of drug-likeness (QED) is 0.455. The average Bonchev–Trinajstić information content (AvgIpc) is 1.59. The third kappa shape index (κ3) is 133. The summed E-state index contributed by atoms with van der Waals surface area (Å²) in [6.45, 7) is 17.7. The molecule has 0 saturated heterocycles. The zero-order valence-electron chi connectivity index (χ0n) is 9.71. The van der Waals surface area contributed by atoms with Crippen molar-refractivity contribution >= 4 is 0 Å². The van der Waals surface area contributed by atoms with Crippen LogP contribution >= 0.6 is 0 Å². The molecule has 86 valence electrons. The zero-order valence-corrected chi connectivity index (χ0v) is 9.71. The highest BCUT2D eigenvalue weighted by Gasteiger charge is 2.03. The van der Waals surface area contributed by atoms with Gasteiger partial charge in [-0.25, -0.2) is 0 Å². The van der Waals surface area contributed by atoms with E-state index < -0.39 is 0 Å². The molecule has 0 radical (unpaired) electrons. The van der Waals surface area contributed by atoms with Crippen LogP contribution in [0, 0.1) is 10.8 Å². The van der Waals surface area contributed by atoms with Crippen molar-refractivity contribution in [3.63, 3.8) is 0 Å². The van der Waals surface area contributed by atoms with Crippen LogP contribution in [0.4, 0.5) is 0 Å². The van der Waals surface area contributed by atoms with Gasteiger partial charge in [-0.1, -0.05) is 76.7 Å². The van der Waals surface area contributed by atoms with E-state index in [1.807, 2.05) is 0 Å². The average molecular weight is 190 g/mol. The Morgan fingerprint density at radius 2 is 0.769 bits per heavy atom. The Balaban J connectivity index is -0.0000000546. The molecule has 0 aliphatic rings. The zero-order chi connectivity index (χ0) is 9.71. The minimum atomic E-state index is 0. The van der Waals surface area contributed by atoms with Crippen LogP contribution in [-0.2, 0) is 0 Å². The van der Waals surface area contributed by atoms with Crippen molar-refractivity contribution in [3.05, 3.63) is 0 Å². The molecule has 0 aromatic heterocycles. The predicted molar refractivity (Wildman–Crippen MR) is 68.3 cm³/mol. The number of hydrogen-bond donors (Lipinski definition) is 0. The Labute approximate surface area is 88.1 Å². The minimum absolute atomic E-state index is 0. The largest absolute Gasteiger partial charge is 0.0776 e. The van der Waals surface area contributed by atoms with E-state index in [0.717, 1.165) is 0 Å². The highest BCUT2D eigenvalue weighted by atomic mass is 14.1. The van der Waals surface area contributed by atoms with E-state index in [0.29, 0.717) is 10.8 Å². The van der Waals surface area contributed by atoms with Gasteiger partial charge in [-0.2, -0.15) is 0 Å². The molecule has 0 N–H and O–H groups in total. The van der Waals surface area contributed by atoms with E-state index in [-0.39, 0.29) is 14.9 Å². The van der Waals surface area contributed by atoms with Gasteiger partial charge in [0.1, 0.15) is 0 Å². The van der Waals surface area contributed by atoms with Gasteiger partial charge in [0.15, 0.2) is 0 Å². The molecule has 0 aromatic carbocycles. The predicted octanol–water partition coefficient (Wildman–Crippen LogP) is 5.77. The van der Waals surface area contributed by atoms with E-state index in [2.05, 4.69) is 55.4 Å². The molecule has 0 rings (SSSR count). The normalized spacial score (nSPS) is 10.2. The summed E-state index contributed by atoms with van der Waals surface area (Å²) in [4.78, 5) is 0. The van der Waals surface area contributed by atoms with Crippen LogP contribution in [0.1, 0.15) is 76.7 Å². The van der Waals surface area contributed by atoms with Gasteiger partial charge in [-0.15, -0.1) is 0 Å². The molecule has 0 saturated carbocycles. The van der Waals surface area contributed by atoms with E-state index in [1.54, 1.807) is 0 Å². The maximum absolute atomic E-state index is 2.24. The van der Waals surface area contributed by atoms with Gasteiger partial charge in [0.2, 0.25) is 0 Å². The van der Waals surface area contributed by atoms with Gasteiger partial charge in [0.25, 0.3) is 0 Å². The minimum Gasteiger partial charge on any atom is -0.0776 e. The Bertz CT molecular complexity index is 71.2. The van der Waals surface area contributed by atoms with Gasteiger partial charge < -0.3 is 0 Å². The fraction of sp³-hybridized carbons (Fsp3) is 1.00. The molecule has 0 atom stereocenters. The monoisotopic (exact) mass is 190 g/mol. The number of hydrogen-bond acceptors (Lipinski definition) is 0. The Morgan fingerprint density at radius 3 is 0.769 bits per heavy atom. The molecule has 0 amide bonds. The van der Waals surface area contributed by atoms with Crippen molar-refractivity contribution in [3.8, 4) is 0 Å². The van der Waals surface area contributed by atoms with Gasteiger partial charge in [-0.05, 0) is 10.8 Å². The van der Waals surface area contributed by atoms with Gasteiger partial charge in [-0.3, -0.25) is 0 Å². The molecule has 0 heterocycles. The van der Waals surface area contributed by atoms with Crippen molar-refractivity contribution in [1.82, 2.24) is 0 Å². The topological polar surface area (TPSA) is 0 Å². The molecule has 13 heavy (non-hydrogen) atoms. The van der Waals surface area contributed by atoms with E-state index >= 15 is 0 Å². The van der Waals surface area contributed by atoms with E-state index in [1.165, 1.54) is 6.42 Å². The number of rotatable bonds is 0. The highest BCUT2D eigenvalue weighted by molar-refractivity contribution is 4.55. The summed E-state index contributed by atoms with van der Waals surface area (Å²) in [5.74, 6) is 0. The van der Waals surface area contributed by atoms with Crippen molar-refractivity contribution in [2.75, 3.05) is 0 Å². The van der Waals surface area contributed by atoms with Crippen LogP contribution in [-0.4, -0.2) is 0 Å². The lowest BCUT2D eigenvalue weighted by Gasteiger charge is -2.12. The van der Waals surface area contributed by atoms with E-state index in [4.69, 9.17) is 0 Å². The van der Waals surface area contributed by atoms with Crippen LogP contribution < -0.4 is 0 Å². The lowest BCUT2D eigenvalue weighted by Crippen LogP contribution is -2.00. The second-order valence-corrected chi connectivity index (χ2v) is 5.91. The summed E-state index contributed by atoms with van der Waals surface area (Å²) in [5, 5.41) is 0. The van der Waals surface area contributed by atoms with Gasteiger partial charge in [0.05, 0.1) is 0 Å². The SMILES string of the molecule is C.C.CC(C)(C)C.CCC(C)(C)C. The van der Waals surface area contributed by atoms with Crippen LogP contribution in [0.15, 0.2) is 0 Å². The van der Waals surface area contributed by atoms with E-state index in [9.17, 15) is 0 Å². The molecule has 0 aliphatic carbocycles. The molecule has 0 aromatic rings. The first-order chi connectivity index (χ1) is 4.56. The maximum atomic E-state index is 2.24. The third-order valence-corrected chi connectivity index (χ3v) is 1.06. The fourth-order valence-electron chi connectivity index (χ4n) is 0. The molecule has 0 bridgehead atoms. The molecule has 0 nitrogen and oxygen atoms in total. The van der Waals surface area contributed by atoms with Crippen molar-refractivity contribution in [1.29, 1.82) is 0 Å². The van der Waals surface area contributed by atoms with Gasteiger partial charge >= 0.3 is 0 Å². The van der Waals surface area contributed by atoms with Crippen molar-refractivity contribution in [2.45, 2.75) is 76.7 Å². The fourth-order valence-corrected chi connectivity index (χ4v) is 0. The molecule has 0 heteroatoms. The molecule has 0 aliphatic heterocycles. The second-order valence-electron chi connectivity index (χ2n) is 5.91. The standard InChI is InChI=1S/C6H14.C5H12.2CH4/c1-5-6(2,3)4;1-5(2,3)4;;/h5H2,1-4H3;1-4H3;2*1H4. The summed E-state index contributed by atoms with van der Waals surface area (Å²) < 4.78 is 0. The molecular formula is C13H34. The first-order valence-corrected chi connectivity index (χ1v) is 4.56. The second kappa shape index (κ2) is 8.59. The smallest absolute Gasteiger partial charge is 0.0385 e. The maximum Gasteiger partial charge on any atom is -0.0385 e. The third-order valence-electron chi connectivity index (χ3n) is 1.06. The lowest BCUT2D eigenvalue weighted by molar-refractivity contribution is 0.398. The summed E-state index contributed by atoms with van der Waals surface area (Å²) in [7, 11) is 0. The summed E-state index contributed by atoms with van der Waals surface area (Å²) in [6.07, 6.45) is 1.27. The molecule has 0 fully saturated rings. The molecular weight excluding hydrogens is 156 g/mol. The summed E-state index contributed by atoms with van der Waals surface area (Å²) in [6, 6.07) is 0. The molecule has 0 unspecified atom stereocenters. The first kappa shape index (κ1) is 23.1. The van der Waals surface area contributed by atoms with Crippen molar-refractivity contribution < 1.29 is 0 Å². The summed E-state index contributed by atoms with van der Waals surface area (Å²) in [5.41, 5.74) is 1.04. The van der Waals surface area contributed by atoms with Crippen LogP contribution in [0.25, 0.3) is 0 Å². The summed E-state index contributed by atoms with van der Waals surface area (Å²) >= 11 is 0. The highest BCUT2D eigenvalue weighted by Crippen LogP contribution is 2.16. The van der Waals surface area contributed by atoms with Crippen LogP contribution in [0.2, 0.25) is 0 Å². The Hall–Kier alpha value is 0. The molecule has 0 spiro atoms. The first-order valence-electron chi connectivity index (χ1n) is 4.56. The van der Waals surface area contributed by atoms with Crippen molar-refractivity contribution in [2.24, 2.45) is 10.8 Å². The Kier molecular flexibility index (Phi) is 15.3. The van der Waals surface area contributed by atoms with Crippen LogP contribution in [0.3, 0.4) is 0 Å². The lowest BCUT2D eigenvalue weighted by atomic mass is 9.94. The van der Waals surface area contributed by atoms with Crippen LogP contribution in [0.5, 0.6) is 0 Å².